The number of nitrogens with one attached hydrogen (secondary N) is 1. The molecule has 2 atom stereocenters. The van der Waals surface area contributed by atoms with Crippen LogP contribution in [0.5, 0.6) is 0 Å². The number of nitrogens with two attached hydrogens (primary N) is 1. The van der Waals surface area contributed by atoms with Crippen molar-refractivity contribution in [2.45, 2.75) is 52.1 Å². The standard InChI is InChI=1S/C13H30N4O2S/c1-4-16(5-2)11-12(3)15-20(18,19)17-9-7-6-8-13(17)10-14/h12-13,15H,4-11,14H2,1-3H3. The van der Waals surface area contributed by atoms with Crippen LogP contribution in [-0.2, 0) is 10.2 Å². The van der Waals surface area contributed by atoms with Gasteiger partial charge in [0.2, 0.25) is 0 Å². The third-order valence-electron chi connectivity index (χ3n) is 3.93. The molecule has 2 unspecified atom stereocenters. The molecule has 1 heterocycles. The fraction of sp³-hybridized carbons (Fsp3) is 1.00. The van der Waals surface area contributed by atoms with E-state index in [0.29, 0.717) is 13.1 Å². The van der Waals surface area contributed by atoms with Gasteiger partial charge >= 0.3 is 0 Å². The van der Waals surface area contributed by atoms with Crippen LogP contribution in [0.25, 0.3) is 0 Å². The second kappa shape index (κ2) is 8.29. The minimum Gasteiger partial charge on any atom is -0.329 e. The minimum atomic E-state index is -3.43. The van der Waals surface area contributed by atoms with E-state index in [1.165, 1.54) is 0 Å². The van der Waals surface area contributed by atoms with E-state index in [0.717, 1.165) is 38.9 Å². The fourth-order valence-electron chi connectivity index (χ4n) is 2.75. The molecule has 0 aliphatic carbocycles. The summed E-state index contributed by atoms with van der Waals surface area (Å²) in [6.45, 7) is 9.64. The highest BCUT2D eigenvalue weighted by molar-refractivity contribution is 7.87. The summed E-state index contributed by atoms with van der Waals surface area (Å²) in [7, 11) is -3.43. The molecule has 1 aliphatic rings. The van der Waals surface area contributed by atoms with E-state index >= 15 is 0 Å². The molecular weight excluding hydrogens is 276 g/mol. The maximum atomic E-state index is 12.5. The molecule has 0 bridgehead atoms. The predicted octanol–water partition coefficient (Wildman–Crippen LogP) is 0.364. The van der Waals surface area contributed by atoms with Crippen LogP contribution in [0.3, 0.4) is 0 Å². The Morgan fingerprint density at radius 1 is 1.35 bits per heavy atom. The third-order valence-corrected chi connectivity index (χ3v) is 5.73. The number of piperidine rings is 1. The second-order valence-electron chi connectivity index (χ2n) is 5.51. The zero-order chi connectivity index (χ0) is 15.2. The van der Waals surface area contributed by atoms with Crippen LogP contribution in [0, 0.1) is 0 Å². The molecule has 0 radical (unpaired) electrons. The zero-order valence-corrected chi connectivity index (χ0v) is 13.8. The van der Waals surface area contributed by atoms with Crippen molar-refractivity contribution in [2.75, 3.05) is 32.7 Å². The van der Waals surface area contributed by atoms with E-state index in [4.69, 9.17) is 5.73 Å². The number of hydrogen-bond donors (Lipinski definition) is 2. The van der Waals surface area contributed by atoms with Crippen molar-refractivity contribution in [2.24, 2.45) is 5.73 Å². The minimum absolute atomic E-state index is 0.0538. The van der Waals surface area contributed by atoms with Gasteiger partial charge in [0.05, 0.1) is 0 Å². The largest absolute Gasteiger partial charge is 0.329 e. The average Bonchev–Trinajstić information content (AvgIpc) is 2.44. The quantitative estimate of drug-likeness (QED) is 0.679. The van der Waals surface area contributed by atoms with Crippen molar-refractivity contribution < 1.29 is 8.42 Å². The lowest BCUT2D eigenvalue weighted by Gasteiger charge is -2.35. The third kappa shape index (κ3) is 4.96. The normalized spacial score (nSPS) is 23.1. The summed E-state index contributed by atoms with van der Waals surface area (Å²) >= 11 is 0. The van der Waals surface area contributed by atoms with Crippen molar-refractivity contribution >= 4 is 10.2 Å². The first-order valence-corrected chi connectivity index (χ1v) is 9.10. The fourth-order valence-corrected chi connectivity index (χ4v) is 4.43. The van der Waals surface area contributed by atoms with E-state index in [9.17, 15) is 8.42 Å². The first-order valence-electron chi connectivity index (χ1n) is 7.66. The average molecular weight is 306 g/mol. The van der Waals surface area contributed by atoms with Gasteiger partial charge in [0.1, 0.15) is 0 Å². The molecular formula is C13H30N4O2S. The summed E-state index contributed by atoms with van der Waals surface area (Å²) in [5, 5.41) is 0. The Morgan fingerprint density at radius 2 is 2.00 bits per heavy atom. The van der Waals surface area contributed by atoms with Crippen LogP contribution >= 0.6 is 0 Å². The molecule has 0 spiro atoms. The van der Waals surface area contributed by atoms with E-state index < -0.39 is 10.2 Å². The predicted molar refractivity (Wildman–Crippen MR) is 82.7 cm³/mol. The van der Waals surface area contributed by atoms with Crippen molar-refractivity contribution in [3.05, 3.63) is 0 Å². The number of nitrogens with zero attached hydrogens (tertiary/aromatic N) is 2. The monoisotopic (exact) mass is 306 g/mol. The Labute approximate surface area is 123 Å². The molecule has 1 rings (SSSR count). The van der Waals surface area contributed by atoms with Crippen LogP contribution in [0.2, 0.25) is 0 Å². The lowest BCUT2D eigenvalue weighted by atomic mass is 10.1. The summed E-state index contributed by atoms with van der Waals surface area (Å²) < 4.78 is 29.3. The highest BCUT2D eigenvalue weighted by Crippen LogP contribution is 2.19. The summed E-state index contributed by atoms with van der Waals surface area (Å²) in [5.41, 5.74) is 5.70. The number of hydrogen-bond acceptors (Lipinski definition) is 4. The topological polar surface area (TPSA) is 78.7 Å². The Hall–Kier alpha value is -0.210. The Balaban J connectivity index is 2.63. The van der Waals surface area contributed by atoms with Crippen molar-refractivity contribution in [1.82, 2.24) is 13.9 Å². The SMILES string of the molecule is CCN(CC)CC(C)NS(=O)(=O)N1CCCCC1CN. The molecule has 20 heavy (non-hydrogen) atoms. The zero-order valence-electron chi connectivity index (χ0n) is 13.0. The van der Waals surface area contributed by atoms with Crippen LogP contribution in [0.1, 0.15) is 40.0 Å². The summed E-state index contributed by atoms with van der Waals surface area (Å²) in [6, 6.07) is -0.151. The molecule has 0 amide bonds. The summed E-state index contributed by atoms with van der Waals surface area (Å²) in [4.78, 5) is 2.21. The number of rotatable bonds is 8. The molecule has 0 aromatic carbocycles. The molecule has 0 aromatic heterocycles. The van der Waals surface area contributed by atoms with Crippen molar-refractivity contribution in [1.29, 1.82) is 0 Å². The summed E-state index contributed by atoms with van der Waals surface area (Å²) in [5.74, 6) is 0. The van der Waals surface area contributed by atoms with Gasteiger partial charge in [-0.05, 0) is 32.9 Å². The van der Waals surface area contributed by atoms with Gasteiger partial charge in [-0.25, -0.2) is 0 Å². The van der Waals surface area contributed by atoms with Gasteiger partial charge in [0.25, 0.3) is 10.2 Å². The van der Waals surface area contributed by atoms with Gasteiger partial charge in [-0.2, -0.15) is 17.4 Å². The van der Waals surface area contributed by atoms with Crippen LogP contribution in [-0.4, -0.2) is 62.4 Å². The molecule has 7 heteroatoms. The Morgan fingerprint density at radius 3 is 2.55 bits per heavy atom. The maximum Gasteiger partial charge on any atom is 0.280 e. The van der Waals surface area contributed by atoms with Gasteiger partial charge in [0.15, 0.2) is 0 Å². The molecule has 6 nitrogen and oxygen atoms in total. The van der Waals surface area contributed by atoms with Gasteiger partial charge in [-0.15, -0.1) is 0 Å². The van der Waals surface area contributed by atoms with E-state index in [1.807, 2.05) is 6.92 Å². The smallest absolute Gasteiger partial charge is 0.280 e. The van der Waals surface area contributed by atoms with Crippen molar-refractivity contribution in [3.63, 3.8) is 0 Å². The number of likely N-dealkylation sites (N-methyl/N-ethyl adjacent to an activating group) is 1. The van der Waals surface area contributed by atoms with Gasteiger partial charge in [-0.1, -0.05) is 20.3 Å². The summed E-state index contributed by atoms with van der Waals surface area (Å²) in [6.07, 6.45) is 2.84. The van der Waals surface area contributed by atoms with Crippen LogP contribution in [0.15, 0.2) is 0 Å². The Kier molecular flexibility index (Phi) is 7.39. The van der Waals surface area contributed by atoms with Crippen molar-refractivity contribution in [3.8, 4) is 0 Å². The molecule has 1 fully saturated rings. The first-order chi connectivity index (χ1) is 9.44. The molecule has 3 N–H and O–H groups in total. The Bertz CT molecular complexity index is 371. The van der Waals surface area contributed by atoms with Crippen LogP contribution in [0.4, 0.5) is 0 Å². The lowest BCUT2D eigenvalue weighted by Crippen LogP contribution is -2.54. The molecule has 120 valence electrons. The maximum absolute atomic E-state index is 12.5. The lowest BCUT2D eigenvalue weighted by molar-refractivity contribution is 0.246. The van der Waals surface area contributed by atoms with E-state index in [-0.39, 0.29) is 12.1 Å². The molecule has 0 aromatic rings. The van der Waals surface area contributed by atoms with Gasteiger partial charge in [0, 0.05) is 31.7 Å². The highest BCUT2D eigenvalue weighted by atomic mass is 32.2. The first kappa shape index (κ1) is 17.8. The molecule has 0 saturated carbocycles. The van der Waals surface area contributed by atoms with Crippen LogP contribution < -0.4 is 10.5 Å². The van der Waals surface area contributed by atoms with Gasteiger partial charge < -0.3 is 10.6 Å². The molecule has 1 saturated heterocycles. The van der Waals surface area contributed by atoms with E-state index in [1.54, 1.807) is 4.31 Å². The second-order valence-corrected chi connectivity index (χ2v) is 7.16. The highest BCUT2D eigenvalue weighted by Gasteiger charge is 2.32. The van der Waals surface area contributed by atoms with E-state index in [2.05, 4.69) is 23.5 Å². The van der Waals surface area contributed by atoms with Gasteiger partial charge in [-0.3, -0.25) is 0 Å². The molecule has 1 aliphatic heterocycles.